The molecule has 0 spiro atoms. The Balaban J connectivity index is 3.22. The molecule has 1 aromatic heterocycles. The minimum Gasteiger partial charge on any atom is -0.478 e. The molecule has 0 aromatic carbocycles. The average Bonchev–Trinajstić information content (AvgIpc) is 2.76. The minimum absolute atomic E-state index is 0.112. The second-order valence-electron chi connectivity index (χ2n) is 4.42. The van der Waals surface area contributed by atoms with Crippen molar-refractivity contribution in [3.8, 4) is 0 Å². The molecule has 18 heavy (non-hydrogen) atoms. The van der Waals surface area contributed by atoms with Crippen LogP contribution in [0.1, 0.15) is 31.1 Å². The van der Waals surface area contributed by atoms with Gasteiger partial charge in [0.05, 0.1) is 6.20 Å². The van der Waals surface area contributed by atoms with Crippen LogP contribution in [-0.4, -0.2) is 47.1 Å². The monoisotopic (exact) mass is 275 g/mol. The summed E-state index contributed by atoms with van der Waals surface area (Å²) >= 11 is 0. The summed E-state index contributed by atoms with van der Waals surface area (Å²) < 4.78 is 25.7. The lowest BCUT2D eigenvalue weighted by Crippen LogP contribution is -2.38. The van der Waals surface area contributed by atoms with Gasteiger partial charge >= 0.3 is 5.97 Å². The molecule has 1 heterocycles. The third-order valence-corrected chi connectivity index (χ3v) is 4.93. The molecule has 1 rings (SSSR count). The lowest BCUT2D eigenvalue weighted by atomic mass is 10.1. The van der Waals surface area contributed by atoms with Crippen molar-refractivity contribution in [3.63, 3.8) is 0 Å². The summed E-state index contributed by atoms with van der Waals surface area (Å²) in [6.45, 7) is 5.54. The molecule has 0 saturated heterocycles. The zero-order chi connectivity index (χ0) is 14.1. The van der Waals surface area contributed by atoms with Gasteiger partial charge in [0.1, 0.15) is 5.56 Å². The molecular weight excluding hydrogens is 258 g/mol. The molecular formula is C10H17N3O4S. The van der Waals surface area contributed by atoms with Gasteiger partial charge in [0.2, 0.25) is 0 Å². The van der Waals surface area contributed by atoms with Gasteiger partial charge < -0.3 is 5.11 Å². The molecule has 1 atom stereocenters. The summed E-state index contributed by atoms with van der Waals surface area (Å²) in [5, 5.41) is 14.2. The highest BCUT2D eigenvalue weighted by atomic mass is 32.2. The van der Waals surface area contributed by atoms with Crippen LogP contribution in [-0.2, 0) is 10.0 Å². The Bertz CT molecular complexity index is 535. The van der Waals surface area contributed by atoms with Crippen molar-refractivity contribution in [1.82, 2.24) is 14.5 Å². The molecule has 0 aliphatic rings. The Morgan fingerprint density at radius 2 is 2.00 bits per heavy atom. The maximum Gasteiger partial charge on any atom is 0.340 e. The number of carboxylic acids is 1. The van der Waals surface area contributed by atoms with E-state index >= 15 is 0 Å². The summed E-state index contributed by atoms with van der Waals surface area (Å²) in [4.78, 5) is 10.9. The van der Waals surface area contributed by atoms with Crippen LogP contribution in [0.2, 0.25) is 0 Å². The molecule has 7 nitrogen and oxygen atoms in total. The van der Waals surface area contributed by atoms with Crippen LogP contribution in [0.4, 0.5) is 0 Å². The van der Waals surface area contributed by atoms with Crippen molar-refractivity contribution in [1.29, 1.82) is 0 Å². The molecule has 0 amide bonds. The summed E-state index contributed by atoms with van der Waals surface area (Å²) in [7, 11) is -2.46. The first-order chi connectivity index (χ1) is 8.19. The number of nitrogens with zero attached hydrogens (tertiary/aromatic N) is 2. The smallest absolute Gasteiger partial charge is 0.340 e. The van der Waals surface area contributed by atoms with E-state index in [9.17, 15) is 13.2 Å². The molecule has 0 fully saturated rings. The summed E-state index contributed by atoms with van der Waals surface area (Å²) in [6.07, 6.45) is 0.989. The molecule has 0 bridgehead atoms. The second-order valence-corrected chi connectivity index (χ2v) is 6.36. The van der Waals surface area contributed by atoms with E-state index in [1.54, 1.807) is 6.92 Å². The van der Waals surface area contributed by atoms with Crippen LogP contribution >= 0.6 is 0 Å². The standard InChI is InChI=1S/C10H17N3O4S/c1-6(2)7(3)13(4)18(16,17)9-8(10(14)15)5-11-12-9/h5-7H,1-4H3,(H,11,12)(H,14,15). The van der Waals surface area contributed by atoms with E-state index in [0.29, 0.717) is 0 Å². The zero-order valence-electron chi connectivity index (χ0n) is 10.7. The van der Waals surface area contributed by atoms with Crippen LogP contribution in [0, 0.1) is 5.92 Å². The fraction of sp³-hybridized carbons (Fsp3) is 0.600. The van der Waals surface area contributed by atoms with Crippen LogP contribution in [0.25, 0.3) is 0 Å². The SMILES string of the molecule is CC(C)C(C)N(C)S(=O)(=O)c1[nH]ncc1C(=O)O. The van der Waals surface area contributed by atoms with Gasteiger partial charge in [-0.2, -0.15) is 9.40 Å². The quantitative estimate of drug-likeness (QED) is 0.826. The molecule has 2 N–H and O–H groups in total. The van der Waals surface area contributed by atoms with E-state index in [2.05, 4.69) is 10.2 Å². The Labute approximate surface area is 106 Å². The maximum absolute atomic E-state index is 12.3. The molecule has 8 heteroatoms. The normalized spacial score (nSPS) is 14.1. The summed E-state index contributed by atoms with van der Waals surface area (Å²) in [5.41, 5.74) is -0.349. The van der Waals surface area contributed by atoms with Crippen LogP contribution in [0.15, 0.2) is 11.2 Å². The van der Waals surface area contributed by atoms with E-state index < -0.39 is 16.0 Å². The van der Waals surface area contributed by atoms with E-state index in [1.807, 2.05) is 13.8 Å². The number of H-pyrrole nitrogens is 1. The number of carbonyl (C=O) groups is 1. The number of aromatic nitrogens is 2. The molecule has 102 valence electrons. The van der Waals surface area contributed by atoms with Crippen molar-refractivity contribution >= 4 is 16.0 Å². The lowest BCUT2D eigenvalue weighted by molar-refractivity contribution is 0.0692. The first-order valence-electron chi connectivity index (χ1n) is 5.44. The number of rotatable bonds is 5. The van der Waals surface area contributed by atoms with Gasteiger partial charge in [0, 0.05) is 13.1 Å². The van der Waals surface area contributed by atoms with Gasteiger partial charge in [0.15, 0.2) is 5.03 Å². The van der Waals surface area contributed by atoms with Crippen LogP contribution in [0.3, 0.4) is 0 Å². The number of sulfonamides is 1. The number of aromatic amines is 1. The number of nitrogens with one attached hydrogen (secondary N) is 1. The first-order valence-corrected chi connectivity index (χ1v) is 6.88. The number of aromatic carboxylic acids is 1. The van der Waals surface area contributed by atoms with Crippen molar-refractivity contribution in [2.24, 2.45) is 5.92 Å². The highest BCUT2D eigenvalue weighted by Gasteiger charge is 2.32. The predicted octanol–water partition coefficient (Wildman–Crippen LogP) is 0.773. The highest BCUT2D eigenvalue weighted by Crippen LogP contribution is 2.21. The third-order valence-electron chi connectivity index (χ3n) is 3.01. The summed E-state index contributed by atoms with van der Waals surface area (Å²) in [5.74, 6) is -1.21. The Hall–Kier alpha value is -1.41. The van der Waals surface area contributed by atoms with Gasteiger partial charge in [-0.05, 0) is 12.8 Å². The molecule has 0 saturated carbocycles. The number of hydrogen-bond acceptors (Lipinski definition) is 4. The molecule has 0 radical (unpaired) electrons. The number of carboxylic acid groups (broad SMARTS) is 1. The van der Waals surface area contributed by atoms with Crippen LogP contribution < -0.4 is 0 Å². The molecule has 0 aliphatic carbocycles. The largest absolute Gasteiger partial charge is 0.478 e. The lowest BCUT2D eigenvalue weighted by Gasteiger charge is -2.26. The fourth-order valence-corrected chi connectivity index (χ4v) is 2.96. The third kappa shape index (κ3) is 2.54. The fourth-order valence-electron chi connectivity index (χ4n) is 1.41. The summed E-state index contributed by atoms with van der Waals surface area (Å²) in [6, 6.07) is -0.250. The average molecular weight is 275 g/mol. The van der Waals surface area contributed by atoms with E-state index in [4.69, 9.17) is 5.11 Å². The Morgan fingerprint density at radius 1 is 1.44 bits per heavy atom. The van der Waals surface area contributed by atoms with Crippen molar-refractivity contribution in [2.45, 2.75) is 31.8 Å². The van der Waals surface area contributed by atoms with E-state index in [-0.39, 0.29) is 22.5 Å². The van der Waals surface area contributed by atoms with Crippen molar-refractivity contribution < 1.29 is 18.3 Å². The van der Waals surface area contributed by atoms with Gasteiger partial charge in [-0.3, -0.25) is 5.10 Å². The number of hydrogen-bond donors (Lipinski definition) is 2. The molecule has 1 aromatic rings. The molecule has 0 aliphatic heterocycles. The zero-order valence-corrected chi connectivity index (χ0v) is 11.5. The van der Waals surface area contributed by atoms with Gasteiger partial charge in [0.25, 0.3) is 10.0 Å². The van der Waals surface area contributed by atoms with E-state index in [1.165, 1.54) is 7.05 Å². The minimum atomic E-state index is -3.88. The molecule has 1 unspecified atom stereocenters. The predicted molar refractivity (Wildman–Crippen MR) is 64.8 cm³/mol. The van der Waals surface area contributed by atoms with Crippen molar-refractivity contribution in [3.05, 3.63) is 11.8 Å². The first kappa shape index (κ1) is 14.7. The highest BCUT2D eigenvalue weighted by molar-refractivity contribution is 7.89. The Kier molecular flexibility index (Phi) is 4.12. The van der Waals surface area contributed by atoms with Gasteiger partial charge in [-0.1, -0.05) is 13.8 Å². The second kappa shape index (κ2) is 5.07. The Morgan fingerprint density at radius 3 is 2.44 bits per heavy atom. The van der Waals surface area contributed by atoms with Crippen molar-refractivity contribution in [2.75, 3.05) is 7.05 Å². The van der Waals surface area contributed by atoms with Crippen LogP contribution in [0.5, 0.6) is 0 Å². The van der Waals surface area contributed by atoms with Gasteiger partial charge in [-0.15, -0.1) is 0 Å². The maximum atomic E-state index is 12.3. The van der Waals surface area contributed by atoms with E-state index in [0.717, 1.165) is 10.5 Å². The topological polar surface area (TPSA) is 103 Å². The van der Waals surface area contributed by atoms with Gasteiger partial charge in [-0.25, -0.2) is 13.2 Å².